The van der Waals surface area contributed by atoms with Crippen LogP contribution in [-0.4, -0.2) is 90.1 Å². The molecule has 2 fully saturated rings. The van der Waals surface area contributed by atoms with Crippen LogP contribution >= 0.6 is 11.8 Å². The normalized spacial score (nSPS) is 22.6. The predicted molar refractivity (Wildman–Crippen MR) is 148 cm³/mol. The number of anilines is 2. The summed E-state index contributed by atoms with van der Waals surface area (Å²) in [5.41, 5.74) is 2.08. The molecule has 1 unspecified atom stereocenters. The summed E-state index contributed by atoms with van der Waals surface area (Å²) >= 11 is 1.47. The molecule has 3 aliphatic heterocycles. The minimum Gasteiger partial charge on any atom is -0.497 e. The van der Waals surface area contributed by atoms with Crippen LogP contribution in [0.5, 0.6) is 11.6 Å². The summed E-state index contributed by atoms with van der Waals surface area (Å²) in [6, 6.07) is 10.8. The first-order chi connectivity index (χ1) is 19.4. The van der Waals surface area contributed by atoms with Crippen molar-refractivity contribution >= 4 is 51.9 Å². The molecule has 13 heteroatoms. The maximum absolute atomic E-state index is 12.8. The van der Waals surface area contributed by atoms with Crippen molar-refractivity contribution in [2.24, 2.45) is 0 Å². The van der Waals surface area contributed by atoms with Crippen LogP contribution in [0.1, 0.15) is 6.92 Å². The summed E-state index contributed by atoms with van der Waals surface area (Å²) in [6.45, 7) is 3.32. The Labute approximate surface area is 234 Å². The Hall–Kier alpha value is -4.10. The smallest absolute Gasteiger partial charge is 0.414 e. The number of ether oxygens (including phenoxy) is 3. The van der Waals surface area contributed by atoms with Gasteiger partial charge in [0.15, 0.2) is 0 Å². The predicted octanol–water partition coefficient (Wildman–Crippen LogP) is 2.28. The van der Waals surface area contributed by atoms with Crippen molar-refractivity contribution in [1.29, 1.82) is 0 Å². The van der Waals surface area contributed by atoms with E-state index in [-0.39, 0.29) is 30.1 Å². The quantitative estimate of drug-likeness (QED) is 0.440. The SMILES string of the molecule is COc1ccc2ncnc(O[C@@H]3CN(CC4CN(c5ccc6c(c5)NC(=O)CS6)C(=O)O4)C[C@H]3NC(C)=O)c2c1. The molecule has 12 nitrogen and oxygen atoms in total. The van der Waals surface area contributed by atoms with Gasteiger partial charge in [0.1, 0.15) is 24.3 Å². The number of methoxy groups -OCH3 is 1. The van der Waals surface area contributed by atoms with Gasteiger partial charge in [-0.3, -0.25) is 19.4 Å². The minimum atomic E-state index is -0.438. The van der Waals surface area contributed by atoms with Crippen molar-refractivity contribution in [1.82, 2.24) is 20.2 Å². The molecule has 2 N–H and O–H groups in total. The second kappa shape index (κ2) is 10.8. The monoisotopic (exact) mass is 564 g/mol. The average molecular weight is 565 g/mol. The Morgan fingerprint density at radius 3 is 2.88 bits per heavy atom. The number of thioether (sulfide) groups is 1. The third kappa shape index (κ3) is 5.34. The van der Waals surface area contributed by atoms with E-state index in [0.29, 0.717) is 60.3 Å². The van der Waals surface area contributed by atoms with Crippen molar-refractivity contribution in [3.05, 3.63) is 42.7 Å². The van der Waals surface area contributed by atoms with E-state index < -0.39 is 6.09 Å². The average Bonchev–Trinajstić information content (AvgIpc) is 3.49. The van der Waals surface area contributed by atoms with Crippen molar-refractivity contribution in [3.63, 3.8) is 0 Å². The summed E-state index contributed by atoms with van der Waals surface area (Å²) in [5.74, 6) is 1.21. The van der Waals surface area contributed by atoms with Gasteiger partial charge in [-0.15, -0.1) is 11.8 Å². The fraction of sp³-hybridized carbons (Fsp3) is 0.370. The lowest BCUT2D eigenvalue weighted by atomic mass is 10.2. The lowest BCUT2D eigenvalue weighted by Crippen LogP contribution is -2.44. The fourth-order valence-electron chi connectivity index (χ4n) is 5.25. The highest BCUT2D eigenvalue weighted by atomic mass is 32.2. The summed E-state index contributed by atoms with van der Waals surface area (Å²) in [6.07, 6.45) is 0.241. The van der Waals surface area contributed by atoms with Gasteiger partial charge in [-0.05, 0) is 36.4 Å². The minimum absolute atomic E-state index is 0.0647. The second-order valence-corrected chi connectivity index (χ2v) is 10.9. The van der Waals surface area contributed by atoms with E-state index in [9.17, 15) is 14.4 Å². The molecule has 4 heterocycles. The molecule has 0 saturated carbocycles. The van der Waals surface area contributed by atoms with Crippen LogP contribution in [0, 0.1) is 0 Å². The van der Waals surface area contributed by atoms with Gasteiger partial charge >= 0.3 is 6.09 Å². The van der Waals surface area contributed by atoms with E-state index in [1.807, 2.05) is 30.3 Å². The number of nitrogens with one attached hydrogen (secondary N) is 2. The summed E-state index contributed by atoms with van der Waals surface area (Å²) in [7, 11) is 1.59. The van der Waals surface area contributed by atoms with E-state index in [1.54, 1.807) is 18.1 Å². The summed E-state index contributed by atoms with van der Waals surface area (Å²) < 4.78 is 17.4. The molecule has 2 saturated heterocycles. The van der Waals surface area contributed by atoms with Crippen LogP contribution in [0.4, 0.5) is 16.2 Å². The third-order valence-electron chi connectivity index (χ3n) is 7.04. The molecule has 208 valence electrons. The van der Waals surface area contributed by atoms with Gasteiger partial charge < -0.3 is 24.8 Å². The first kappa shape index (κ1) is 26.1. The van der Waals surface area contributed by atoms with Gasteiger partial charge in [0.2, 0.25) is 17.7 Å². The van der Waals surface area contributed by atoms with E-state index in [2.05, 4.69) is 25.5 Å². The van der Waals surface area contributed by atoms with Crippen LogP contribution in [0.2, 0.25) is 0 Å². The molecule has 3 aromatic rings. The molecule has 3 amide bonds. The number of hydrogen-bond acceptors (Lipinski definition) is 10. The number of nitrogens with zero attached hydrogens (tertiary/aromatic N) is 4. The topological polar surface area (TPSA) is 135 Å². The van der Waals surface area contributed by atoms with Crippen molar-refractivity contribution in [2.45, 2.75) is 30.1 Å². The van der Waals surface area contributed by atoms with Gasteiger partial charge in [-0.2, -0.15) is 0 Å². The molecule has 3 aliphatic rings. The van der Waals surface area contributed by atoms with Gasteiger partial charge in [-0.25, -0.2) is 14.8 Å². The number of benzene rings is 2. The first-order valence-corrected chi connectivity index (χ1v) is 13.8. The van der Waals surface area contributed by atoms with Crippen LogP contribution in [0.3, 0.4) is 0 Å². The highest BCUT2D eigenvalue weighted by Crippen LogP contribution is 2.36. The van der Waals surface area contributed by atoms with E-state index in [0.717, 1.165) is 10.4 Å². The zero-order valence-electron chi connectivity index (χ0n) is 22.0. The Morgan fingerprint density at radius 1 is 1.18 bits per heavy atom. The van der Waals surface area contributed by atoms with E-state index in [4.69, 9.17) is 14.2 Å². The number of carbonyl (C=O) groups is 3. The van der Waals surface area contributed by atoms with Gasteiger partial charge in [0.25, 0.3) is 0 Å². The van der Waals surface area contributed by atoms with Crippen LogP contribution in [-0.2, 0) is 14.3 Å². The van der Waals surface area contributed by atoms with Crippen LogP contribution in [0.25, 0.3) is 10.9 Å². The molecule has 0 aliphatic carbocycles. The molecule has 3 atom stereocenters. The first-order valence-electron chi connectivity index (χ1n) is 12.9. The third-order valence-corrected chi connectivity index (χ3v) is 8.12. The Bertz CT molecular complexity index is 1490. The standard InChI is InChI=1S/C27H28N6O6S/c1-15(34)30-22-11-32(12-23(22)39-26-19-8-17(37-2)4-5-20(19)28-14-29-26)9-18-10-33(27(36)38-18)16-3-6-24-21(7-16)31-25(35)13-40-24/h3-8,14,18,22-23H,9-13H2,1-2H3,(H,30,34)(H,31,35)/t18?,22-,23-/m1/s1. The summed E-state index contributed by atoms with van der Waals surface area (Å²) in [5, 5.41) is 6.56. The molecule has 1 aromatic heterocycles. The molecule has 6 rings (SSSR count). The van der Waals surface area contributed by atoms with Gasteiger partial charge in [0, 0.05) is 37.1 Å². The Kier molecular flexibility index (Phi) is 7.07. The number of rotatable bonds is 7. The maximum Gasteiger partial charge on any atom is 0.414 e. The number of aromatic nitrogens is 2. The van der Waals surface area contributed by atoms with E-state index in [1.165, 1.54) is 25.0 Å². The zero-order chi connectivity index (χ0) is 27.8. The molecule has 0 spiro atoms. The fourth-order valence-corrected chi connectivity index (χ4v) is 6.04. The lowest BCUT2D eigenvalue weighted by molar-refractivity contribution is -0.120. The largest absolute Gasteiger partial charge is 0.497 e. The van der Waals surface area contributed by atoms with Crippen LogP contribution in [0.15, 0.2) is 47.6 Å². The zero-order valence-corrected chi connectivity index (χ0v) is 22.8. The van der Waals surface area contributed by atoms with E-state index >= 15 is 0 Å². The number of likely N-dealkylation sites (tertiary alicyclic amines) is 1. The molecule has 0 bridgehead atoms. The molecule has 0 radical (unpaired) electrons. The number of fused-ring (bicyclic) bond motifs is 2. The highest BCUT2D eigenvalue weighted by Gasteiger charge is 2.40. The molecule has 40 heavy (non-hydrogen) atoms. The number of cyclic esters (lactones) is 1. The number of amides is 3. The molecule has 2 aromatic carbocycles. The maximum atomic E-state index is 12.8. The molecular weight excluding hydrogens is 536 g/mol. The number of carbonyl (C=O) groups excluding carboxylic acids is 3. The second-order valence-electron chi connectivity index (χ2n) is 9.88. The van der Waals surface area contributed by atoms with Crippen molar-refractivity contribution in [2.75, 3.05) is 49.3 Å². The van der Waals surface area contributed by atoms with Crippen molar-refractivity contribution < 1.29 is 28.6 Å². The lowest BCUT2D eigenvalue weighted by Gasteiger charge is -2.21. The molecular formula is C27H28N6O6S. The Balaban J connectivity index is 1.15. The number of hydrogen-bond donors (Lipinski definition) is 2. The van der Waals surface area contributed by atoms with Crippen molar-refractivity contribution in [3.8, 4) is 11.6 Å². The Morgan fingerprint density at radius 2 is 2.05 bits per heavy atom. The van der Waals surface area contributed by atoms with Gasteiger partial charge in [0.05, 0.1) is 42.0 Å². The highest BCUT2D eigenvalue weighted by molar-refractivity contribution is 8.00. The van der Waals surface area contributed by atoms with Crippen LogP contribution < -0.4 is 25.0 Å². The summed E-state index contributed by atoms with van der Waals surface area (Å²) in [4.78, 5) is 49.9. The van der Waals surface area contributed by atoms with Gasteiger partial charge in [-0.1, -0.05) is 0 Å².